The molecule has 4 rings (SSSR count). The van der Waals surface area contributed by atoms with E-state index in [1.54, 1.807) is 31.2 Å². The van der Waals surface area contributed by atoms with Crippen molar-refractivity contribution < 1.29 is 31.2 Å². The number of aromatic nitrogens is 3. The quantitative estimate of drug-likeness (QED) is 0.369. The van der Waals surface area contributed by atoms with Crippen LogP contribution < -0.4 is 12.4 Å². The van der Waals surface area contributed by atoms with Gasteiger partial charge in [-0.05, 0) is 54.4 Å². The van der Waals surface area contributed by atoms with Gasteiger partial charge in [0.25, 0.3) is 0 Å². The van der Waals surface area contributed by atoms with E-state index in [1.165, 1.54) is 5.56 Å². The zero-order chi connectivity index (χ0) is 19.1. The van der Waals surface area contributed by atoms with Gasteiger partial charge in [0.15, 0.2) is 0 Å². The van der Waals surface area contributed by atoms with Crippen LogP contribution in [0.1, 0.15) is 5.56 Å². The van der Waals surface area contributed by atoms with Gasteiger partial charge in [0.2, 0.25) is 0 Å². The molecular formula is C22H17Cl2N3Pt. The Morgan fingerprint density at radius 3 is 1.57 bits per heavy atom. The third-order valence-corrected chi connectivity index (χ3v) is 4.06. The fraction of sp³-hybridized carbons (Fsp3) is 0.0455. The first-order valence-electron chi connectivity index (χ1n) is 8.33. The molecule has 28 heavy (non-hydrogen) atoms. The van der Waals surface area contributed by atoms with Crippen molar-refractivity contribution in [3.63, 3.8) is 0 Å². The van der Waals surface area contributed by atoms with Crippen LogP contribution in [-0.2, 0) is 18.8 Å². The van der Waals surface area contributed by atoms with Crippen molar-refractivity contribution in [1.29, 1.82) is 0 Å². The van der Waals surface area contributed by atoms with Crippen LogP contribution in [0.5, 0.6) is 0 Å². The molecule has 1 aromatic carbocycles. The van der Waals surface area contributed by atoms with Crippen LogP contribution in [0.4, 0.5) is 0 Å². The van der Waals surface area contributed by atoms with Crippen LogP contribution in [0.25, 0.3) is 33.9 Å². The van der Waals surface area contributed by atoms with Crippen molar-refractivity contribution in [2.45, 2.75) is 6.92 Å². The number of hydrogen-bond acceptors (Lipinski definition) is 3. The van der Waals surface area contributed by atoms with E-state index < -0.39 is 0 Å². The average Bonchev–Trinajstić information content (AvgIpc) is 2.76. The van der Waals surface area contributed by atoms with Crippen molar-refractivity contribution >= 4 is 9.42 Å². The Kier molecular flexibility index (Phi) is 8.78. The van der Waals surface area contributed by atoms with E-state index in [0.717, 1.165) is 33.9 Å². The summed E-state index contributed by atoms with van der Waals surface area (Å²) in [6, 6.07) is 24.4. The molecule has 3 nitrogen and oxygen atoms in total. The molecule has 3 heterocycles. The van der Waals surface area contributed by atoms with E-state index in [0.29, 0.717) is 0 Å². The van der Waals surface area contributed by atoms with Gasteiger partial charge in [0.05, 0.1) is 22.8 Å². The summed E-state index contributed by atoms with van der Waals surface area (Å²) in [6.07, 6.45) is 3.58. The molecule has 0 unspecified atom stereocenters. The Labute approximate surface area is 186 Å². The van der Waals surface area contributed by atoms with Gasteiger partial charge in [-0.15, -0.1) is 0 Å². The van der Waals surface area contributed by atoms with Gasteiger partial charge in [0, 0.05) is 12.4 Å². The number of nitrogens with zero attached hydrogens (tertiary/aromatic N) is 3. The summed E-state index contributed by atoms with van der Waals surface area (Å²) in [4.78, 5) is 13.7. The van der Waals surface area contributed by atoms with E-state index in [2.05, 4.69) is 62.7 Å². The normalized spacial score (nSPS) is 9.71. The molecule has 0 radical (unpaired) electrons. The fourth-order valence-electron chi connectivity index (χ4n) is 2.73. The van der Waals surface area contributed by atoms with Crippen molar-refractivity contribution in [2.24, 2.45) is 0 Å². The standard InChI is InChI=1S/C22H17N3.2ClH.Pt/c1-16-8-10-17(11-9-16)18-14-21(19-6-2-4-12-23-19)25-22(15-18)20-7-3-5-13-24-20;;;/h2-15H,1H3;2*1H;/q;;;+2/p-2. The SMILES string of the molecule is Cc1ccc(-c2cc(-c3ccccn3)nc(-c3ccccn3)c2)cc1.[Cl-].[Cl][Pt+]. The number of halogens is 2. The summed E-state index contributed by atoms with van der Waals surface area (Å²) in [7, 11) is 4.61. The molecule has 0 fully saturated rings. The van der Waals surface area contributed by atoms with E-state index in [-0.39, 0.29) is 12.4 Å². The monoisotopic (exact) mass is 588 g/mol. The number of hydrogen-bond donors (Lipinski definition) is 0. The zero-order valence-electron chi connectivity index (χ0n) is 15.0. The summed E-state index contributed by atoms with van der Waals surface area (Å²) in [5.74, 6) is 0. The number of benzene rings is 1. The van der Waals surface area contributed by atoms with E-state index >= 15 is 0 Å². The minimum atomic E-state index is 0. The Morgan fingerprint density at radius 2 is 1.14 bits per heavy atom. The molecule has 3 aromatic heterocycles. The second kappa shape index (κ2) is 11.1. The number of pyridine rings is 3. The van der Waals surface area contributed by atoms with Gasteiger partial charge in [-0.3, -0.25) is 9.97 Å². The molecule has 0 N–H and O–H groups in total. The Morgan fingerprint density at radius 1 is 0.643 bits per heavy atom. The van der Waals surface area contributed by atoms with Gasteiger partial charge in [0.1, 0.15) is 0 Å². The zero-order valence-corrected chi connectivity index (χ0v) is 18.8. The first-order valence-corrected chi connectivity index (χ1v) is 11.1. The second-order valence-electron chi connectivity index (χ2n) is 5.92. The van der Waals surface area contributed by atoms with Crippen LogP contribution in [0.3, 0.4) is 0 Å². The van der Waals surface area contributed by atoms with Crippen LogP contribution in [0.2, 0.25) is 0 Å². The molecule has 0 saturated carbocycles. The Bertz CT molecular complexity index is 937. The first-order chi connectivity index (χ1) is 13.3. The maximum absolute atomic E-state index is 4.79. The van der Waals surface area contributed by atoms with Gasteiger partial charge < -0.3 is 12.4 Å². The molecule has 144 valence electrons. The molecule has 0 aliphatic carbocycles. The summed E-state index contributed by atoms with van der Waals surface area (Å²) in [5.41, 5.74) is 6.91. The summed E-state index contributed by atoms with van der Waals surface area (Å²) in [5, 5.41) is 0. The van der Waals surface area contributed by atoms with Crippen molar-refractivity contribution in [3.8, 4) is 33.9 Å². The van der Waals surface area contributed by atoms with Gasteiger partial charge in [-0.2, -0.15) is 0 Å². The Hall–Kier alpha value is -2.06. The molecule has 4 aromatic rings. The minimum absolute atomic E-state index is 0. The van der Waals surface area contributed by atoms with Crippen LogP contribution in [0.15, 0.2) is 85.2 Å². The number of rotatable bonds is 3. The summed E-state index contributed by atoms with van der Waals surface area (Å²) in [6.45, 7) is 2.09. The molecular weight excluding hydrogens is 572 g/mol. The summed E-state index contributed by atoms with van der Waals surface area (Å²) < 4.78 is 0. The van der Waals surface area contributed by atoms with Crippen LogP contribution in [0, 0.1) is 6.92 Å². The maximum atomic E-state index is 4.79. The third kappa shape index (κ3) is 5.48. The van der Waals surface area contributed by atoms with E-state index in [4.69, 9.17) is 4.98 Å². The predicted octanol–water partition coefficient (Wildman–Crippen LogP) is 2.87. The van der Waals surface area contributed by atoms with Crippen LogP contribution in [-0.4, -0.2) is 15.0 Å². The molecule has 0 amide bonds. The fourth-order valence-corrected chi connectivity index (χ4v) is 2.73. The molecule has 6 heteroatoms. The Balaban J connectivity index is 0.000000906. The molecule has 0 aliphatic heterocycles. The summed E-state index contributed by atoms with van der Waals surface area (Å²) >= 11 is 1.61. The molecule has 0 bridgehead atoms. The molecule has 0 aliphatic rings. The van der Waals surface area contributed by atoms with Gasteiger partial charge in [-0.1, -0.05) is 42.0 Å². The first kappa shape index (κ1) is 22.2. The molecule has 0 atom stereocenters. The predicted molar refractivity (Wildman–Crippen MR) is 107 cm³/mol. The topological polar surface area (TPSA) is 38.7 Å². The van der Waals surface area contributed by atoms with Crippen molar-refractivity contribution in [1.82, 2.24) is 15.0 Å². The average molecular weight is 589 g/mol. The second-order valence-corrected chi connectivity index (χ2v) is 5.92. The number of aryl methyl sites for hydroxylation is 1. The van der Waals surface area contributed by atoms with Gasteiger partial charge in [-0.25, -0.2) is 4.98 Å². The van der Waals surface area contributed by atoms with Crippen molar-refractivity contribution in [2.75, 3.05) is 0 Å². The van der Waals surface area contributed by atoms with Crippen molar-refractivity contribution in [3.05, 3.63) is 90.8 Å². The molecule has 0 spiro atoms. The third-order valence-electron chi connectivity index (χ3n) is 4.06. The van der Waals surface area contributed by atoms with Gasteiger partial charge >= 0.3 is 28.2 Å². The van der Waals surface area contributed by atoms with Crippen LogP contribution >= 0.6 is 9.42 Å². The van der Waals surface area contributed by atoms with E-state index in [1.807, 2.05) is 36.4 Å². The van der Waals surface area contributed by atoms with E-state index in [9.17, 15) is 0 Å². The molecule has 0 saturated heterocycles.